The highest BCUT2D eigenvalue weighted by Crippen LogP contribution is 2.40. The fourth-order valence-corrected chi connectivity index (χ4v) is 5.05. The number of thiophene rings is 1. The van der Waals surface area contributed by atoms with Crippen LogP contribution in [0.5, 0.6) is 5.88 Å². The van der Waals surface area contributed by atoms with E-state index in [1.54, 1.807) is 6.33 Å². The van der Waals surface area contributed by atoms with E-state index in [1.807, 2.05) is 25.2 Å². The standard InChI is InChI=1S/C17H23N3OS.C3H6F2.C2H6/c1-20(2)11-6-8-12(9-7-11)21-16-15-13-4-3-5-14(13)22-17(15)19-10-18-16;1-3(2,4)5;1-2/h10-12H,3-9H2,1-2H3;1-2H3;1-2H3. The Kier molecular flexibility index (Phi) is 8.76. The predicted molar refractivity (Wildman–Crippen MR) is 117 cm³/mol. The Morgan fingerprint density at radius 1 is 1.07 bits per heavy atom. The normalized spacial score (nSPS) is 21.1. The highest BCUT2D eigenvalue weighted by Gasteiger charge is 2.26. The number of alkyl halides is 2. The molecule has 0 amide bonds. The molecule has 0 aliphatic heterocycles. The molecule has 4 rings (SSSR count). The number of rotatable bonds is 3. The van der Waals surface area contributed by atoms with E-state index in [9.17, 15) is 8.78 Å². The summed E-state index contributed by atoms with van der Waals surface area (Å²) in [5.41, 5.74) is 1.46. The zero-order valence-electron chi connectivity index (χ0n) is 18.6. The van der Waals surface area contributed by atoms with Crippen LogP contribution in [0.2, 0.25) is 0 Å². The Bertz CT molecular complexity index is 759. The van der Waals surface area contributed by atoms with Gasteiger partial charge in [0.2, 0.25) is 11.8 Å². The van der Waals surface area contributed by atoms with Crippen molar-refractivity contribution in [3.63, 3.8) is 0 Å². The Labute approximate surface area is 177 Å². The molecule has 29 heavy (non-hydrogen) atoms. The van der Waals surface area contributed by atoms with Gasteiger partial charge in [-0.1, -0.05) is 13.8 Å². The van der Waals surface area contributed by atoms with E-state index in [4.69, 9.17) is 4.74 Å². The molecule has 4 nitrogen and oxygen atoms in total. The number of halogens is 2. The first-order valence-corrected chi connectivity index (χ1v) is 11.5. The maximum absolute atomic E-state index is 11.0. The number of hydrogen-bond donors (Lipinski definition) is 0. The van der Waals surface area contributed by atoms with Gasteiger partial charge in [0.25, 0.3) is 0 Å². The third-order valence-corrected chi connectivity index (χ3v) is 6.32. The maximum atomic E-state index is 11.0. The van der Waals surface area contributed by atoms with E-state index >= 15 is 0 Å². The van der Waals surface area contributed by atoms with Crippen molar-refractivity contribution in [2.24, 2.45) is 0 Å². The Hall–Kier alpha value is -1.34. The lowest BCUT2D eigenvalue weighted by molar-refractivity contribution is 0.0437. The molecule has 0 N–H and O–H groups in total. The van der Waals surface area contributed by atoms with E-state index < -0.39 is 5.92 Å². The zero-order valence-corrected chi connectivity index (χ0v) is 19.4. The summed E-state index contributed by atoms with van der Waals surface area (Å²) in [5, 5.41) is 1.20. The quantitative estimate of drug-likeness (QED) is 0.591. The van der Waals surface area contributed by atoms with Gasteiger partial charge < -0.3 is 9.64 Å². The van der Waals surface area contributed by atoms with Gasteiger partial charge in [0.05, 0.1) is 5.39 Å². The summed E-state index contributed by atoms with van der Waals surface area (Å²) in [6.45, 7) is 5.71. The molecule has 2 aliphatic carbocycles. The van der Waals surface area contributed by atoms with Crippen LogP contribution in [-0.4, -0.2) is 47.0 Å². The van der Waals surface area contributed by atoms with Crippen LogP contribution in [0.4, 0.5) is 8.78 Å². The summed E-state index contributed by atoms with van der Waals surface area (Å²) in [7, 11) is 4.35. The van der Waals surface area contributed by atoms with Crippen LogP contribution in [0.15, 0.2) is 6.33 Å². The molecular formula is C22H35F2N3OS. The van der Waals surface area contributed by atoms with E-state index in [0.717, 1.165) is 43.8 Å². The number of hydrogen-bond acceptors (Lipinski definition) is 5. The molecule has 2 heterocycles. The lowest BCUT2D eigenvalue weighted by Crippen LogP contribution is -2.35. The van der Waals surface area contributed by atoms with Gasteiger partial charge in [-0.05, 0) is 78.5 Å². The van der Waals surface area contributed by atoms with Crippen LogP contribution in [0.3, 0.4) is 0 Å². The molecule has 2 aliphatic rings. The maximum Gasteiger partial charge on any atom is 0.242 e. The zero-order chi connectivity index (χ0) is 21.6. The van der Waals surface area contributed by atoms with Gasteiger partial charge in [-0.2, -0.15) is 0 Å². The second-order valence-corrected chi connectivity index (χ2v) is 9.14. The van der Waals surface area contributed by atoms with Crippen LogP contribution >= 0.6 is 11.3 Å². The third-order valence-electron chi connectivity index (χ3n) is 5.12. The average Bonchev–Trinajstić information content (AvgIpc) is 3.24. The van der Waals surface area contributed by atoms with Gasteiger partial charge in [0.1, 0.15) is 17.3 Å². The van der Waals surface area contributed by atoms with Gasteiger partial charge in [-0.25, -0.2) is 18.7 Å². The summed E-state index contributed by atoms with van der Waals surface area (Å²) < 4.78 is 28.4. The molecular weight excluding hydrogens is 392 g/mol. The summed E-state index contributed by atoms with van der Waals surface area (Å²) in [6.07, 6.45) is 10.3. The first-order chi connectivity index (χ1) is 13.7. The molecule has 0 unspecified atom stereocenters. The molecule has 0 aromatic carbocycles. The third kappa shape index (κ3) is 6.85. The molecule has 2 aromatic heterocycles. The molecule has 0 spiro atoms. The van der Waals surface area contributed by atoms with Crippen LogP contribution < -0.4 is 4.74 Å². The topological polar surface area (TPSA) is 38.2 Å². The average molecular weight is 428 g/mol. The lowest BCUT2D eigenvalue weighted by Gasteiger charge is -2.32. The van der Waals surface area contributed by atoms with Crippen molar-refractivity contribution in [2.75, 3.05) is 14.1 Å². The monoisotopic (exact) mass is 427 g/mol. The van der Waals surface area contributed by atoms with Crippen molar-refractivity contribution < 1.29 is 13.5 Å². The summed E-state index contributed by atoms with van der Waals surface area (Å²) in [4.78, 5) is 13.9. The molecule has 2 aromatic rings. The number of fused-ring (bicyclic) bond motifs is 3. The molecule has 7 heteroatoms. The van der Waals surface area contributed by atoms with Crippen molar-refractivity contribution >= 4 is 21.6 Å². The SMILES string of the molecule is CC.CC(C)(F)F.CN(C)C1CCC(Oc2ncnc3sc4c(c23)CCC4)CC1. The van der Waals surface area contributed by atoms with Crippen LogP contribution in [-0.2, 0) is 12.8 Å². The summed E-state index contributed by atoms with van der Waals surface area (Å²) >= 11 is 1.83. The minimum atomic E-state index is -2.50. The van der Waals surface area contributed by atoms with Crippen molar-refractivity contribution in [3.8, 4) is 5.88 Å². The van der Waals surface area contributed by atoms with Crippen molar-refractivity contribution in [3.05, 3.63) is 16.8 Å². The second-order valence-electron chi connectivity index (χ2n) is 8.06. The van der Waals surface area contributed by atoms with Gasteiger partial charge in [0, 0.05) is 10.9 Å². The fraction of sp³-hybridized carbons (Fsp3) is 0.727. The van der Waals surface area contributed by atoms with Gasteiger partial charge in [-0.15, -0.1) is 11.3 Å². The van der Waals surface area contributed by atoms with E-state index in [2.05, 4.69) is 29.0 Å². The Morgan fingerprint density at radius 2 is 1.69 bits per heavy atom. The number of ether oxygens (including phenoxy) is 1. The first-order valence-electron chi connectivity index (χ1n) is 10.7. The molecule has 1 saturated carbocycles. The lowest BCUT2D eigenvalue weighted by atomic mass is 9.92. The molecule has 0 atom stereocenters. The number of aryl methyl sites for hydroxylation is 2. The Morgan fingerprint density at radius 3 is 2.28 bits per heavy atom. The minimum Gasteiger partial charge on any atom is -0.474 e. The van der Waals surface area contributed by atoms with Crippen LogP contribution in [0.25, 0.3) is 10.2 Å². The highest BCUT2D eigenvalue weighted by molar-refractivity contribution is 7.18. The van der Waals surface area contributed by atoms with E-state index in [-0.39, 0.29) is 0 Å². The first kappa shape index (κ1) is 23.9. The number of aromatic nitrogens is 2. The predicted octanol–water partition coefficient (Wildman–Crippen LogP) is 6.12. The van der Waals surface area contributed by atoms with Gasteiger partial charge in [-0.3, -0.25) is 0 Å². The highest BCUT2D eigenvalue weighted by atomic mass is 32.1. The fourth-order valence-electron chi connectivity index (χ4n) is 3.83. The molecule has 1 fully saturated rings. The Balaban J connectivity index is 0.000000378. The summed E-state index contributed by atoms with van der Waals surface area (Å²) in [6, 6.07) is 0.704. The smallest absolute Gasteiger partial charge is 0.242 e. The molecule has 0 bridgehead atoms. The molecule has 164 valence electrons. The van der Waals surface area contributed by atoms with Crippen molar-refractivity contribution in [2.45, 2.75) is 90.7 Å². The molecule has 0 saturated heterocycles. The van der Waals surface area contributed by atoms with Crippen LogP contribution in [0.1, 0.15) is 70.2 Å². The van der Waals surface area contributed by atoms with Crippen LogP contribution in [0, 0.1) is 0 Å². The minimum absolute atomic E-state index is 0.311. The van der Waals surface area contributed by atoms with E-state index in [0.29, 0.717) is 12.1 Å². The van der Waals surface area contributed by atoms with Crippen molar-refractivity contribution in [1.29, 1.82) is 0 Å². The second kappa shape index (κ2) is 10.6. The molecule has 0 radical (unpaired) electrons. The van der Waals surface area contributed by atoms with Gasteiger partial charge in [0.15, 0.2) is 0 Å². The summed E-state index contributed by atoms with van der Waals surface area (Å²) in [5.74, 6) is -1.67. The number of nitrogens with zero attached hydrogens (tertiary/aromatic N) is 3. The van der Waals surface area contributed by atoms with Gasteiger partial charge >= 0.3 is 0 Å². The van der Waals surface area contributed by atoms with Crippen molar-refractivity contribution in [1.82, 2.24) is 14.9 Å². The largest absolute Gasteiger partial charge is 0.474 e. The van der Waals surface area contributed by atoms with E-state index in [1.165, 1.54) is 41.5 Å².